The highest BCUT2D eigenvalue weighted by atomic mass is 16.5. The van der Waals surface area contributed by atoms with Crippen LogP contribution in [0.25, 0.3) is 0 Å². The Morgan fingerprint density at radius 2 is 1.86 bits per heavy atom. The molecule has 1 aromatic carbocycles. The number of nitrogens with zero attached hydrogens (tertiary/aromatic N) is 1. The van der Waals surface area contributed by atoms with E-state index in [1.165, 1.54) is 25.3 Å². The summed E-state index contributed by atoms with van der Waals surface area (Å²) in [6.07, 6.45) is 1.28. The highest BCUT2D eigenvalue weighted by molar-refractivity contribution is 5.90. The molecule has 2 rings (SSSR count). The standard InChI is InChI=1S/C16H16N2O4/c1-11(17)14(19)18-9-5-8-13(15(18)20)16(21)22-10-12-6-3-2-4-7-12/h2-9,11H,10,17H2,1H3/t11-/m0/s1. The van der Waals surface area contributed by atoms with Gasteiger partial charge in [0.05, 0.1) is 6.04 Å². The fraction of sp³-hybridized carbons (Fsp3) is 0.188. The van der Waals surface area contributed by atoms with Gasteiger partial charge in [0.2, 0.25) is 5.91 Å². The van der Waals surface area contributed by atoms with Crippen LogP contribution >= 0.6 is 0 Å². The molecule has 0 aliphatic rings. The molecule has 2 aromatic rings. The minimum Gasteiger partial charge on any atom is -0.457 e. The Morgan fingerprint density at radius 1 is 1.18 bits per heavy atom. The first kappa shape index (κ1) is 15.7. The summed E-state index contributed by atoms with van der Waals surface area (Å²) in [7, 11) is 0. The zero-order valence-corrected chi connectivity index (χ0v) is 12.1. The Labute approximate surface area is 127 Å². The molecule has 0 aliphatic heterocycles. The lowest BCUT2D eigenvalue weighted by Crippen LogP contribution is -2.39. The molecule has 0 amide bonds. The van der Waals surface area contributed by atoms with Crippen LogP contribution in [0.4, 0.5) is 0 Å². The third-order valence-corrected chi connectivity index (χ3v) is 3.01. The van der Waals surface area contributed by atoms with Crippen LogP contribution in [0.15, 0.2) is 53.5 Å². The molecule has 0 spiro atoms. The van der Waals surface area contributed by atoms with Crippen molar-refractivity contribution in [2.45, 2.75) is 19.6 Å². The van der Waals surface area contributed by atoms with Gasteiger partial charge in [-0.2, -0.15) is 0 Å². The third-order valence-electron chi connectivity index (χ3n) is 3.01. The molecular weight excluding hydrogens is 284 g/mol. The highest BCUT2D eigenvalue weighted by Gasteiger charge is 2.18. The van der Waals surface area contributed by atoms with Crippen LogP contribution in [-0.4, -0.2) is 22.5 Å². The molecule has 1 heterocycles. The monoisotopic (exact) mass is 300 g/mol. The smallest absolute Gasteiger partial charge is 0.344 e. The van der Waals surface area contributed by atoms with Gasteiger partial charge in [-0.1, -0.05) is 30.3 Å². The predicted octanol–water partition coefficient (Wildman–Crippen LogP) is 1.19. The Kier molecular flexibility index (Phi) is 4.85. The fourth-order valence-electron chi connectivity index (χ4n) is 1.84. The van der Waals surface area contributed by atoms with Gasteiger partial charge in [-0.15, -0.1) is 0 Å². The summed E-state index contributed by atoms with van der Waals surface area (Å²) in [5, 5.41) is 0. The van der Waals surface area contributed by atoms with Gasteiger partial charge in [0.1, 0.15) is 12.2 Å². The van der Waals surface area contributed by atoms with E-state index in [0.29, 0.717) is 0 Å². The summed E-state index contributed by atoms with van der Waals surface area (Å²) in [5.41, 5.74) is 5.34. The van der Waals surface area contributed by atoms with Crippen LogP contribution in [0.5, 0.6) is 0 Å². The number of nitrogens with two attached hydrogens (primary N) is 1. The average Bonchev–Trinajstić information content (AvgIpc) is 2.53. The summed E-state index contributed by atoms with van der Waals surface area (Å²) in [4.78, 5) is 36.0. The van der Waals surface area contributed by atoms with E-state index in [9.17, 15) is 14.4 Å². The van der Waals surface area contributed by atoms with Crippen molar-refractivity contribution in [1.82, 2.24) is 4.57 Å². The number of pyridine rings is 1. The average molecular weight is 300 g/mol. The molecule has 0 unspecified atom stereocenters. The number of aromatic nitrogens is 1. The molecule has 1 aromatic heterocycles. The predicted molar refractivity (Wildman–Crippen MR) is 80.5 cm³/mol. The quantitative estimate of drug-likeness (QED) is 0.856. The second-order valence-corrected chi connectivity index (χ2v) is 4.79. The van der Waals surface area contributed by atoms with Crippen LogP contribution in [0.2, 0.25) is 0 Å². The number of esters is 1. The molecule has 0 radical (unpaired) electrons. The maximum Gasteiger partial charge on any atom is 0.344 e. The number of rotatable bonds is 4. The number of hydrogen-bond acceptors (Lipinski definition) is 5. The van der Waals surface area contributed by atoms with E-state index in [4.69, 9.17) is 10.5 Å². The van der Waals surface area contributed by atoms with Gasteiger partial charge in [-0.3, -0.25) is 14.2 Å². The molecule has 2 N–H and O–H groups in total. The van der Waals surface area contributed by atoms with Crippen molar-refractivity contribution in [2.75, 3.05) is 0 Å². The van der Waals surface area contributed by atoms with Crippen molar-refractivity contribution in [2.24, 2.45) is 5.73 Å². The van der Waals surface area contributed by atoms with Crippen molar-refractivity contribution < 1.29 is 14.3 Å². The van der Waals surface area contributed by atoms with E-state index in [2.05, 4.69) is 0 Å². The van der Waals surface area contributed by atoms with Crippen molar-refractivity contribution in [1.29, 1.82) is 0 Å². The van der Waals surface area contributed by atoms with E-state index >= 15 is 0 Å². The first-order valence-electron chi connectivity index (χ1n) is 6.73. The molecule has 6 heteroatoms. The second kappa shape index (κ2) is 6.82. The van der Waals surface area contributed by atoms with Gasteiger partial charge in [-0.25, -0.2) is 4.79 Å². The van der Waals surface area contributed by atoms with Gasteiger partial charge in [0.25, 0.3) is 5.56 Å². The number of hydrogen-bond donors (Lipinski definition) is 1. The van der Waals surface area contributed by atoms with Crippen molar-refractivity contribution in [3.63, 3.8) is 0 Å². The van der Waals surface area contributed by atoms with Crippen molar-refractivity contribution in [3.8, 4) is 0 Å². The first-order valence-corrected chi connectivity index (χ1v) is 6.73. The molecule has 1 atom stereocenters. The first-order chi connectivity index (χ1) is 10.5. The summed E-state index contributed by atoms with van der Waals surface area (Å²) in [5.74, 6) is -1.36. The Hall–Kier alpha value is -2.73. The second-order valence-electron chi connectivity index (χ2n) is 4.79. The van der Waals surface area contributed by atoms with E-state index in [1.54, 1.807) is 12.1 Å². The van der Waals surface area contributed by atoms with E-state index < -0.39 is 23.5 Å². The molecule has 114 valence electrons. The normalized spacial score (nSPS) is 11.7. The van der Waals surface area contributed by atoms with E-state index in [0.717, 1.165) is 10.1 Å². The highest BCUT2D eigenvalue weighted by Crippen LogP contribution is 2.03. The van der Waals surface area contributed by atoms with Gasteiger partial charge >= 0.3 is 5.97 Å². The van der Waals surface area contributed by atoms with Crippen LogP contribution in [0.3, 0.4) is 0 Å². The lowest BCUT2D eigenvalue weighted by molar-refractivity contribution is 0.0470. The lowest BCUT2D eigenvalue weighted by atomic mass is 10.2. The van der Waals surface area contributed by atoms with Crippen molar-refractivity contribution >= 4 is 11.9 Å². The van der Waals surface area contributed by atoms with Gasteiger partial charge in [0.15, 0.2) is 0 Å². The van der Waals surface area contributed by atoms with Crippen LogP contribution < -0.4 is 11.3 Å². The van der Waals surface area contributed by atoms with Crippen LogP contribution in [0.1, 0.15) is 27.6 Å². The minimum atomic E-state index is -0.840. The fourth-order valence-corrected chi connectivity index (χ4v) is 1.84. The SMILES string of the molecule is C[C@H](N)C(=O)n1cccc(C(=O)OCc2ccccc2)c1=O. The summed E-state index contributed by atoms with van der Waals surface area (Å²) >= 11 is 0. The Balaban J connectivity index is 2.18. The molecule has 0 bridgehead atoms. The number of carbonyl (C=O) groups is 2. The molecule has 22 heavy (non-hydrogen) atoms. The molecular formula is C16H16N2O4. The van der Waals surface area contributed by atoms with Gasteiger partial charge in [0, 0.05) is 6.20 Å². The number of benzene rings is 1. The molecule has 0 saturated heterocycles. The van der Waals surface area contributed by atoms with Gasteiger partial charge < -0.3 is 10.5 Å². The van der Waals surface area contributed by atoms with E-state index in [-0.39, 0.29) is 12.2 Å². The molecule has 0 aliphatic carbocycles. The summed E-state index contributed by atoms with van der Waals surface area (Å²) < 4.78 is 5.92. The zero-order valence-electron chi connectivity index (χ0n) is 12.1. The van der Waals surface area contributed by atoms with E-state index in [1.807, 2.05) is 18.2 Å². The van der Waals surface area contributed by atoms with Crippen LogP contribution in [-0.2, 0) is 11.3 Å². The van der Waals surface area contributed by atoms with Crippen molar-refractivity contribution in [3.05, 3.63) is 70.1 Å². The molecule has 0 fully saturated rings. The topological polar surface area (TPSA) is 91.4 Å². The Bertz CT molecular complexity index is 735. The number of carbonyl (C=O) groups excluding carboxylic acids is 2. The lowest BCUT2D eigenvalue weighted by Gasteiger charge is -2.09. The van der Waals surface area contributed by atoms with Gasteiger partial charge in [-0.05, 0) is 24.6 Å². The molecule has 0 saturated carbocycles. The third kappa shape index (κ3) is 3.48. The molecule has 6 nitrogen and oxygen atoms in total. The maximum atomic E-state index is 12.2. The largest absolute Gasteiger partial charge is 0.457 e. The Morgan fingerprint density at radius 3 is 2.50 bits per heavy atom. The summed E-state index contributed by atoms with van der Waals surface area (Å²) in [6.45, 7) is 1.52. The van der Waals surface area contributed by atoms with Crippen LogP contribution in [0, 0.1) is 0 Å². The maximum absolute atomic E-state index is 12.2. The minimum absolute atomic E-state index is 0.0508. The zero-order chi connectivity index (χ0) is 16.1. The summed E-state index contributed by atoms with van der Waals surface area (Å²) in [6, 6.07) is 11.0. The number of ether oxygens (including phenoxy) is 1.